The Labute approximate surface area is 175 Å². The Morgan fingerprint density at radius 2 is 0.964 bits per heavy atom. The van der Waals surface area contributed by atoms with Crippen molar-refractivity contribution >= 4 is 47.0 Å². The van der Waals surface area contributed by atoms with Crippen LogP contribution in [0.5, 0.6) is 0 Å². The van der Waals surface area contributed by atoms with E-state index in [2.05, 4.69) is 118 Å². The highest BCUT2D eigenvalue weighted by Crippen LogP contribution is 2.45. The summed E-state index contributed by atoms with van der Waals surface area (Å²) in [7, 11) is -3.78. The molecule has 0 radical (unpaired) electrons. The van der Waals surface area contributed by atoms with E-state index in [0.717, 1.165) is 0 Å². The molecule has 0 saturated heterocycles. The Bertz CT molecular complexity index is 828. The maximum Gasteiger partial charge on any atom is 0.218 e. The number of fused-ring (bicyclic) bond motifs is 3. The third-order valence-electron chi connectivity index (χ3n) is 7.04. The zero-order valence-corrected chi connectivity index (χ0v) is 23.4. The molecule has 0 aromatic heterocycles. The normalized spacial score (nSPS) is 14.7. The van der Waals surface area contributed by atoms with Gasteiger partial charge in [0.1, 0.15) is 6.21 Å². The van der Waals surface area contributed by atoms with Crippen molar-refractivity contribution < 1.29 is 0 Å². The summed E-state index contributed by atoms with van der Waals surface area (Å²) < 4.78 is 2.53. The quantitative estimate of drug-likeness (QED) is 0.290. The molecule has 5 heteroatoms. The minimum atomic E-state index is -1.39. The maximum absolute atomic E-state index is 2.69. The molecular formula is C23H38NSi4+. The van der Waals surface area contributed by atoms with E-state index in [4.69, 9.17) is 0 Å². The summed E-state index contributed by atoms with van der Waals surface area (Å²) in [5.74, 6) is 0. The Kier molecular flexibility index (Phi) is 5.45. The molecule has 0 N–H and O–H groups in total. The lowest BCUT2D eigenvalue weighted by Gasteiger charge is -2.56. The van der Waals surface area contributed by atoms with Gasteiger partial charge in [0.15, 0.2) is 0 Å². The van der Waals surface area contributed by atoms with Gasteiger partial charge in [-0.15, -0.1) is 0 Å². The molecule has 2 aromatic carbocycles. The third-order valence-corrected chi connectivity index (χ3v) is 80.9. The first kappa shape index (κ1) is 21.7. The summed E-state index contributed by atoms with van der Waals surface area (Å²) in [4.78, 5) is 0. The second-order valence-electron chi connectivity index (χ2n) is 11.4. The van der Waals surface area contributed by atoms with Crippen molar-refractivity contribution in [2.45, 2.75) is 65.0 Å². The SMILES string of the molecule is C[Si](C)(C)[Si](CC=[N+]1c2ccccc2-c2ccccc21)([Si](C)(C)C)[Si](C)(C)C. The topological polar surface area (TPSA) is 3.01 Å². The van der Waals surface area contributed by atoms with E-state index >= 15 is 0 Å². The molecule has 0 fully saturated rings. The van der Waals surface area contributed by atoms with Gasteiger partial charge in [0.25, 0.3) is 0 Å². The van der Waals surface area contributed by atoms with Crippen LogP contribution in [0.2, 0.25) is 65.0 Å². The molecule has 150 valence electrons. The fourth-order valence-electron chi connectivity index (χ4n) is 6.67. The lowest BCUT2D eigenvalue weighted by Crippen LogP contribution is -2.82. The molecule has 0 atom stereocenters. The first-order chi connectivity index (χ1) is 12.8. The van der Waals surface area contributed by atoms with Crippen LogP contribution in [0, 0.1) is 0 Å². The van der Waals surface area contributed by atoms with E-state index in [-0.39, 0.29) is 0 Å². The van der Waals surface area contributed by atoms with Gasteiger partial charge in [-0.1, -0.05) is 83.2 Å². The van der Waals surface area contributed by atoms with Crippen molar-refractivity contribution in [3.05, 3.63) is 48.5 Å². The van der Waals surface area contributed by atoms with Gasteiger partial charge in [-0.05, 0) is 12.1 Å². The Hall–Kier alpha value is -1.02. The zero-order valence-electron chi connectivity index (χ0n) is 19.4. The summed E-state index contributed by atoms with van der Waals surface area (Å²) in [6.07, 6.45) is 2.63. The highest BCUT2D eigenvalue weighted by molar-refractivity contribution is 7.89. The van der Waals surface area contributed by atoms with Crippen LogP contribution in [-0.2, 0) is 0 Å². The average Bonchev–Trinajstić information content (AvgIpc) is 2.86. The highest BCUT2D eigenvalue weighted by atomic mass is 29.9. The number of hydrogen-bond donors (Lipinski definition) is 0. The summed E-state index contributed by atoms with van der Waals surface area (Å²) in [5, 5.41) is 0. The Morgan fingerprint density at radius 3 is 1.32 bits per heavy atom. The molecule has 1 heterocycles. The molecular weight excluding hydrogens is 403 g/mol. The molecule has 1 aliphatic heterocycles. The van der Waals surface area contributed by atoms with Crippen LogP contribution >= 0.6 is 0 Å². The lowest BCUT2D eigenvalue weighted by molar-refractivity contribution is 1.13. The van der Waals surface area contributed by atoms with Crippen molar-refractivity contribution in [3.63, 3.8) is 0 Å². The molecule has 3 rings (SSSR count). The minimum Gasteiger partial charge on any atom is -0.164 e. The average molecular weight is 441 g/mol. The number of para-hydroxylation sites is 2. The van der Waals surface area contributed by atoms with E-state index in [9.17, 15) is 0 Å². The first-order valence-electron chi connectivity index (χ1n) is 10.6. The molecule has 0 unspecified atom stereocenters. The zero-order chi connectivity index (χ0) is 21.0. The Balaban J connectivity index is 2.20. The predicted octanol–water partition coefficient (Wildman–Crippen LogP) is 7.27. The molecule has 0 spiro atoms. The van der Waals surface area contributed by atoms with Gasteiger partial charge in [0, 0.05) is 47.6 Å². The molecule has 28 heavy (non-hydrogen) atoms. The standard InChI is InChI=1S/C23H38NSi4/c1-25(2,3)28(26(4,5)6,27(7,8)9)19-18-24-22-16-12-10-14-20(22)21-15-11-13-17-23(21)24/h10-18H,19H2,1-9H3/q+1. The second-order valence-corrected chi connectivity index (χ2v) is 52.8. The summed E-state index contributed by atoms with van der Waals surface area (Å²) >= 11 is 0. The van der Waals surface area contributed by atoms with Crippen LogP contribution in [0.1, 0.15) is 0 Å². The fourth-order valence-corrected chi connectivity index (χ4v) is 103. The van der Waals surface area contributed by atoms with E-state index in [1.807, 2.05) is 0 Å². The van der Waals surface area contributed by atoms with Gasteiger partial charge in [0.05, 0.1) is 11.1 Å². The van der Waals surface area contributed by atoms with Crippen molar-refractivity contribution in [2.24, 2.45) is 0 Å². The van der Waals surface area contributed by atoms with Crippen molar-refractivity contribution in [2.75, 3.05) is 0 Å². The summed E-state index contributed by atoms with van der Waals surface area (Å²) in [5.41, 5.74) is 5.51. The molecule has 1 nitrogen and oxygen atoms in total. The van der Waals surface area contributed by atoms with Gasteiger partial charge in [-0.3, -0.25) is 0 Å². The van der Waals surface area contributed by atoms with E-state index in [0.29, 0.717) is 0 Å². The van der Waals surface area contributed by atoms with E-state index in [1.165, 1.54) is 28.5 Å². The fraction of sp³-hybridized carbons (Fsp3) is 0.435. The van der Waals surface area contributed by atoms with Crippen molar-refractivity contribution in [1.82, 2.24) is 4.58 Å². The number of nitrogens with zero attached hydrogens (tertiary/aromatic N) is 1. The van der Waals surface area contributed by atoms with Crippen molar-refractivity contribution in [3.8, 4) is 11.1 Å². The molecule has 2 aromatic rings. The molecule has 0 bridgehead atoms. The van der Waals surface area contributed by atoms with Crippen molar-refractivity contribution in [1.29, 1.82) is 0 Å². The number of benzene rings is 2. The minimum absolute atomic E-state index is 1.26. The van der Waals surface area contributed by atoms with Gasteiger partial charge < -0.3 is 0 Å². The largest absolute Gasteiger partial charge is 0.218 e. The van der Waals surface area contributed by atoms with Crippen LogP contribution in [0.4, 0.5) is 11.4 Å². The van der Waals surface area contributed by atoms with Gasteiger partial charge >= 0.3 is 0 Å². The number of rotatable bonds is 5. The molecule has 0 amide bonds. The number of hydrogen-bond acceptors (Lipinski definition) is 0. The highest BCUT2D eigenvalue weighted by Gasteiger charge is 2.61. The van der Waals surface area contributed by atoms with Gasteiger partial charge in [-0.25, -0.2) is 0 Å². The van der Waals surface area contributed by atoms with Crippen LogP contribution in [0.3, 0.4) is 0 Å². The monoisotopic (exact) mass is 440 g/mol. The Morgan fingerprint density at radius 1 is 0.607 bits per heavy atom. The predicted molar refractivity (Wildman–Crippen MR) is 140 cm³/mol. The molecule has 0 aliphatic carbocycles. The third kappa shape index (κ3) is 3.30. The van der Waals surface area contributed by atoms with Gasteiger partial charge in [-0.2, -0.15) is 4.58 Å². The summed E-state index contributed by atoms with van der Waals surface area (Å²) in [6.45, 7) is 22.8. The van der Waals surface area contributed by atoms with Crippen LogP contribution in [0.15, 0.2) is 48.5 Å². The van der Waals surface area contributed by atoms with E-state index in [1.54, 1.807) is 0 Å². The second kappa shape index (κ2) is 7.04. The first-order valence-corrected chi connectivity index (χ1v) is 26.3. The van der Waals surface area contributed by atoms with Crippen LogP contribution in [-0.4, -0.2) is 35.6 Å². The van der Waals surface area contributed by atoms with Crippen LogP contribution in [0.25, 0.3) is 11.1 Å². The summed E-state index contributed by atoms with van der Waals surface area (Å²) in [6, 6.07) is 19.2. The maximum atomic E-state index is 2.69. The van der Waals surface area contributed by atoms with Crippen LogP contribution < -0.4 is 4.58 Å². The van der Waals surface area contributed by atoms with E-state index < -0.39 is 29.4 Å². The molecule has 1 aliphatic rings. The lowest BCUT2D eigenvalue weighted by atomic mass is 10.1. The molecule has 0 saturated carbocycles. The smallest absolute Gasteiger partial charge is 0.164 e. The van der Waals surface area contributed by atoms with Gasteiger partial charge in [0.2, 0.25) is 11.4 Å².